The van der Waals surface area contributed by atoms with E-state index in [1.807, 2.05) is 13.8 Å². The topological polar surface area (TPSA) is 55.1 Å². The van der Waals surface area contributed by atoms with E-state index < -0.39 is 0 Å². The van der Waals surface area contributed by atoms with Gasteiger partial charge in [0.2, 0.25) is 5.91 Å². The lowest BCUT2D eigenvalue weighted by molar-refractivity contribution is -0.121. The van der Waals surface area contributed by atoms with Crippen LogP contribution in [0, 0.1) is 11.7 Å². The van der Waals surface area contributed by atoms with Crippen molar-refractivity contribution in [3.8, 4) is 0 Å². The molecular formula is C14H21FN2O. The zero-order chi connectivity index (χ0) is 13.5. The standard InChI is InChI=1S/C14H21FN2O/c1-10(2)13(16)9-14(18)17-8-7-11-3-5-12(15)6-4-11/h3-6,10,13H,7-9,16H2,1-2H3,(H,17,18). The van der Waals surface area contributed by atoms with Gasteiger partial charge >= 0.3 is 0 Å². The van der Waals surface area contributed by atoms with Crippen LogP contribution in [0.3, 0.4) is 0 Å². The van der Waals surface area contributed by atoms with Gasteiger partial charge in [-0.05, 0) is 30.0 Å². The quantitative estimate of drug-likeness (QED) is 0.812. The molecule has 0 radical (unpaired) electrons. The van der Waals surface area contributed by atoms with E-state index in [1.165, 1.54) is 12.1 Å². The van der Waals surface area contributed by atoms with Gasteiger partial charge in [0.1, 0.15) is 5.82 Å². The van der Waals surface area contributed by atoms with Gasteiger partial charge in [0.25, 0.3) is 0 Å². The number of rotatable bonds is 6. The number of nitrogens with one attached hydrogen (secondary N) is 1. The lowest BCUT2D eigenvalue weighted by Crippen LogP contribution is -2.35. The monoisotopic (exact) mass is 252 g/mol. The van der Waals surface area contributed by atoms with Crippen molar-refractivity contribution in [2.24, 2.45) is 11.7 Å². The largest absolute Gasteiger partial charge is 0.356 e. The summed E-state index contributed by atoms with van der Waals surface area (Å²) >= 11 is 0. The molecule has 1 aromatic rings. The maximum absolute atomic E-state index is 12.7. The van der Waals surface area contributed by atoms with Crippen LogP contribution in [0.5, 0.6) is 0 Å². The molecule has 0 aliphatic carbocycles. The van der Waals surface area contributed by atoms with E-state index in [9.17, 15) is 9.18 Å². The first-order valence-corrected chi connectivity index (χ1v) is 6.25. The Morgan fingerprint density at radius 1 is 1.33 bits per heavy atom. The minimum absolute atomic E-state index is 0.0293. The first-order chi connectivity index (χ1) is 8.49. The van der Waals surface area contributed by atoms with Crippen molar-refractivity contribution in [2.75, 3.05) is 6.54 Å². The predicted octanol–water partition coefficient (Wildman–Crippen LogP) is 1.86. The highest BCUT2D eigenvalue weighted by atomic mass is 19.1. The first-order valence-electron chi connectivity index (χ1n) is 6.25. The van der Waals surface area contributed by atoms with E-state index >= 15 is 0 Å². The maximum Gasteiger partial charge on any atom is 0.221 e. The molecule has 100 valence electrons. The van der Waals surface area contributed by atoms with E-state index in [0.717, 1.165) is 5.56 Å². The van der Waals surface area contributed by atoms with Crippen molar-refractivity contribution >= 4 is 5.91 Å². The number of nitrogens with two attached hydrogens (primary N) is 1. The number of halogens is 1. The zero-order valence-electron chi connectivity index (χ0n) is 10.9. The number of hydrogen-bond acceptors (Lipinski definition) is 2. The minimum atomic E-state index is -0.245. The van der Waals surface area contributed by atoms with Crippen LogP contribution in [0.25, 0.3) is 0 Å². The third-order valence-electron chi connectivity index (χ3n) is 2.93. The summed E-state index contributed by atoms with van der Waals surface area (Å²) in [7, 11) is 0. The molecule has 18 heavy (non-hydrogen) atoms. The van der Waals surface area contributed by atoms with Crippen molar-refractivity contribution in [3.63, 3.8) is 0 Å². The molecule has 0 spiro atoms. The first kappa shape index (κ1) is 14.6. The van der Waals surface area contributed by atoms with Crippen LogP contribution in [-0.4, -0.2) is 18.5 Å². The lowest BCUT2D eigenvalue weighted by Gasteiger charge is -2.14. The molecule has 3 nitrogen and oxygen atoms in total. The molecule has 0 heterocycles. The van der Waals surface area contributed by atoms with Crippen molar-refractivity contribution in [1.82, 2.24) is 5.32 Å². The average molecular weight is 252 g/mol. The molecule has 0 bridgehead atoms. The Hall–Kier alpha value is -1.42. The molecule has 4 heteroatoms. The molecule has 0 aliphatic heterocycles. The van der Waals surface area contributed by atoms with Gasteiger partial charge in [0.15, 0.2) is 0 Å². The fourth-order valence-corrected chi connectivity index (χ4v) is 1.52. The molecule has 3 N–H and O–H groups in total. The minimum Gasteiger partial charge on any atom is -0.356 e. The second-order valence-electron chi connectivity index (χ2n) is 4.84. The molecule has 1 unspecified atom stereocenters. The summed E-state index contributed by atoms with van der Waals surface area (Å²) in [4.78, 5) is 11.6. The van der Waals surface area contributed by atoms with Crippen LogP contribution in [0.2, 0.25) is 0 Å². The van der Waals surface area contributed by atoms with Crippen molar-refractivity contribution in [1.29, 1.82) is 0 Å². The molecule has 0 aliphatic rings. The molecule has 1 amide bonds. The summed E-state index contributed by atoms with van der Waals surface area (Å²) in [6.07, 6.45) is 1.05. The van der Waals surface area contributed by atoms with E-state index in [-0.39, 0.29) is 17.8 Å². The second kappa shape index (κ2) is 7.11. The molecule has 1 rings (SSSR count). The number of carbonyl (C=O) groups is 1. The molecular weight excluding hydrogens is 231 g/mol. The summed E-state index contributed by atoms with van der Waals surface area (Å²) in [6.45, 7) is 4.54. The van der Waals surface area contributed by atoms with Crippen LogP contribution >= 0.6 is 0 Å². The summed E-state index contributed by atoms with van der Waals surface area (Å²) in [5.41, 5.74) is 6.82. The summed E-state index contributed by atoms with van der Waals surface area (Å²) < 4.78 is 12.7. The fraction of sp³-hybridized carbons (Fsp3) is 0.500. The summed E-state index contributed by atoms with van der Waals surface area (Å²) in [6, 6.07) is 6.19. The SMILES string of the molecule is CC(C)C(N)CC(=O)NCCc1ccc(F)cc1. The lowest BCUT2D eigenvalue weighted by atomic mass is 10.0. The molecule has 0 aromatic heterocycles. The average Bonchev–Trinajstić information content (AvgIpc) is 2.31. The van der Waals surface area contributed by atoms with Gasteiger partial charge in [0.05, 0.1) is 0 Å². The van der Waals surface area contributed by atoms with Gasteiger partial charge < -0.3 is 11.1 Å². The van der Waals surface area contributed by atoms with Crippen LogP contribution in [0.1, 0.15) is 25.8 Å². The van der Waals surface area contributed by atoms with E-state index in [2.05, 4.69) is 5.32 Å². The molecule has 0 saturated carbocycles. The van der Waals surface area contributed by atoms with Crippen LogP contribution in [0.4, 0.5) is 4.39 Å². The fourth-order valence-electron chi connectivity index (χ4n) is 1.52. The Kier molecular flexibility index (Phi) is 5.78. The Morgan fingerprint density at radius 3 is 2.50 bits per heavy atom. The van der Waals surface area contributed by atoms with Gasteiger partial charge in [-0.1, -0.05) is 26.0 Å². The number of amides is 1. The summed E-state index contributed by atoms with van der Waals surface area (Å²) in [5, 5.41) is 2.82. The number of hydrogen-bond donors (Lipinski definition) is 2. The molecule has 0 saturated heterocycles. The van der Waals surface area contributed by atoms with Crippen LogP contribution in [-0.2, 0) is 11.2 Å². The third-order valence-corrected chi connectivity index (χ3v) is 2.93. The van der Waals surface area contributed by atoms with Crippen molar-refractivity contribution in [2.45, 2.75) is 32.7 Å². The Morgan fingerprint density at radius 2 is 1.94 bits per heavy atom. The number of benzene rings is 1. The van der Waals surface area contributed by atoms with Crippen LogP contribution < -0.4 is 11.1 Å². The predicted molar refractivity (Wildman–Crippen MR) is 70.5 cm³/mol. The highest BCUT2D eigenvalue weighted by Gasteiger charge is 2.12. The van der Waals surface area contributed by atoms with E-state index in [0.29, 0.717) is 25.3 Å². The normalized spacial score (nSPS) is 12.5. The van der Waals surface area contributed by atoms with Gasteiger partial charge in [-0.25, -0.2) is 4.39 Å². The maximum atomic E-state index is 12.7. The summed E-state index contributed by atoms with van der Waals surface area (Å²) in [5.74, 6) is 0.0249. The van der Waals surface area contributed by atoms with Gasteiger partial charge in [-0.15, -0.1) is 0 Å². The molecule has 1 atom stereocenters. The third kappa shape index (κ3) is 5.27. The van der Waals surface area contributed by atoms with Gasteiger partial charge in [-0.2, -0.15) is 0 Å². The van der Waals surface area contributed by atoms with E-state index in [1.54, 1.807) is 12.1 Å². The van der Waals surface area contributed by atoms with Crippen molar-refractivity contribution in [3.05, 3.63) is 35.6 Å². The van der Waals surface area contributed by atoms with Gasteiger partial charge in [-0.3, -0.25) is 4.79 Å². The Labute approximate surface area is 108 Å². The smallest absolute Gasteiger partial charge is 0.221 e. The molecule has 0 fully saturated rings. The Balaban J connectivity index is 2.25. The van der Waals surface area contributed by atoms with Crippen molar-refractivity contribution < 1.29 is 9.18 Å². The van der Waals surface area contributed by atoms with E-state index in [4.69, 9.17) is 5.73 Å². The highest BCUT2D eigenvalue weighted by molar-refractivity contribution is 5.76. The van der Waals surface area contributed by atoms with Gasteiger partial charge in [0, 0.05) is 19.0 Å². The number of carbonyl (C=O) groups excluding carboxylic acids is 1. The molecule has 1 aromatic carbocycles. The second-order valence-corrected chi connectivity index (χ2v) is 4.84. The highest BCUT2D eigenvalue weighted by Crippen LogP contribution is 2.04. The zero-order valence-corrected chi connectivity index (χ0v) is 10.9. The Bertz CT molecular complexity index is 376. The van der Waals surface area contributed by atoms with Crippen LogP contribution in [0.15, 0.2) is 24.3 Å².